The molecule has 0 amide bonds. The molecule has 0 radical (unpaired) electrons. The van der Waals surface area contributed by atoms with Crippen LogP contribution in [0, 0.1) is 6.92 Å². The second-order valence-corrected chi connectivity index (χ2v) is 4.78. The maximum absolute atomic E-state index is 11.5. The van der Waals surface area contributed by atoms with Crippen LogP contribution in [0.3, 0.4) is 0 Å². The van der Waals surface area contributed by atoms with Crippen LogP contribution in [-0.4, -0.2) is 16.6 Å². The zero-order valence-corrected chi connectivity index (χ0v) is 10.7. The molecule has 0 aromatic carbocycles. The van der Waals surface area contributed by atoms with Crippen molar-refractivity contribution in [2.45, 2.75) is 33.3 Å². The quantitative estimate of drug-likeness (QED) is 0.630. The predicted octanol–water partition coefficient (Wildman–Crippen LogP) is 2.33. The van der Waals surface area contributed by atoms with Crippen molar-refractivity contribution in [3.8, 4) is 0 Å². The van der Waals surface area contributed by atoms with Crippen molar-refractivity contribution >= 4 is 17.9 Å². The van der Waals surface area contributed by atoms with Crippen LogP contribution in [-0.2, 0) is 9.53 Å². The average molecular weight is 234 g/mol. The molecule has 0 fully saturated rings. The Hall–Kier alpha value is -1.84. The van der Waals surface area contributed by atoms with Crippen molar-refractivity contribution in [2.24, 2.45) is 0 Å². The van der Waals surface area contributed by atoms with Gasteiger partial charge in [0.1, 0.15) is 11.4 Å². The predicted molar refractivity (Wildman–Crippen MR) is 68.3 cm³/mol. The Morgan fingerprint density at radius 2 is 2.06 bits per heavy atom. The van der Waals surface area contributed by atoms with Crippen LogP contribution in [0.1, 0.15) is 32.0 Å². The number of carbonyl (C=O) groups excluding carboxylic acids is 1. The number of rotatable bonds is 2. The fourth-order valence-electron chi connectivity index (χ4n) is 1.26. The van der Waals surface area contributed by atoms with Crippen LogP contribution in [0.5, 0.6) is 0 Å². The number of anilines is 1. The standard InChI is InChI=1S/C13H18N2O2/c1-9-10(5-7-11(14)15-9)6-8-12(16)17-13(2,3)4/h5-8H,1-4H3,(H2,14,15)/b8-6+. The fraction of sp³-hybridized carbons (Fsp3) is 0.385. The molecule has 4 nitrogen and oxygen atoms in total. The summed E-state index contributed by atoms with van der Waals surface area (Å²) in [7, 11) is 0. The van der Waals surface area contributed by atoms with Gasteiger partial charge in [0.05, 0.1) is 0 Å². The van der Waals surface area contributed by atoms with Crippen molar-refractivity contribution < 1.29 is 9.53 Å². The number of carbonyl (C=O) groups is 1. The van der Waals surface area contributed by atoms with E-state index in [1.807, 2.05) is 33.8 Å². The first-order valence-corrected chi connectivity index (χ1v) is 5.42. The summed E-state index contributed by atoms with van der Waals surface area (Å²) in [4.78, 5) is 15.6. The van der Waals surface area contributed by atoms with Crippen molar-refractivity contribution in [1.82, 2.24) is 4.98 Å². The second-order valence-electron chi connectivity index (χ2n) is 4.78. The highest BCUT2D eigenvalue weighted by atomic mass is 16.6. The van der Waals surface area contributed by atoms with Gasteiger partial charge in [-0.3, -0.25) is 0 Å². The summed E-state index contributed by atoms with van der Waals surface area (Å²) >= 11 is 0. The van der Waals surface area contributed by atoms with Gasteiger partial charge in [0.25, 0.3) is 0 Å². The Kier molecular flexibility index (Phi) is 3.89. The van der Waals surface area contributed by atoms with Crippen molar-refractivity contribution in [3.05, 3.63) is 29.5 Å². The average Bonchev–Trinajstić information content (AvgIpc) is 2.13. The van der Waals surface area contributed by atoms with Crippen LogP contribution < -0.4 is 5.73 Å². The third kappa shape index (κ3) is 4.68. The minimum Gasteiger partial charge on any atom is -0.457 e. The van der Waals surface area contributed by atoms with E-state index in [0.717, 1.165) is 11.3 Å². The molecule has 92 valence electrons. The summed E-state index contributed by atoms with van der Waals surface area (Å²) in [6.07, 6.45) is 3.07. The van der Waals surface area contributed by atoms with E-state index in [-0.39, 0.29) is 5.97 Å². The molecular formula is C13H18N2O2. The van der Waals surface area contributed by atoms with Crippen molar-refractivity contribution in [1.29, 1.82) is 0 Å². The first-order valence-electron chi connectivity index (χ1n) is 5.42. The number of hydrogen-bond donors (Lipinski definition) is 1. The van der Waals surface area contributed by atoms with Crippen LogP contribution in [0.2, 0.25) is 0 Å². The Morgan fingerprint density at radius 3 is 2.59 bits per heavy atom. The largest absolute Gasteiger partial charge is 0.457 e. The highest BCUT2D eigenvalue weighted by Gasteiger charge is 2.13. The van der Waals surface area contributed by atoms with Gasteiger partial charge in [0, 0.05) is 11.8 Å². The number of ether oxygens (including phenoxy) is 1. The molecule has 17 heavy (non-hydrogen) atoms. The SMILES string of the molecule is Cc1nc(N)ccc1/C=C/C(=O)OC(C)(C)C. The lowest BCUT2D eigenvalue weighted by atomic mass is 10.2. The smallest absolute Gasteiger partial charge is 0.331 e. The minimum absolute atomic E-state index is 0.367. The number of nitrogens with zero attached hydrogens (tertiary/aromatic N) is 1. The van der Waals surface area contributed by atoms with Gasteiger partial charge in [-0.25, -0.2) is 9.78 Å². The summed E-state index contributed by atoms with van der Waals surface area (Å²) in [5, 5.41) is 0. The third-order valence-corrected chi connectivity index (χ3v) is 1.95. The molecule has 0 atom stereocenters. The number of hydrogen-bond acceptors (Lipinski definition) is 4. The van der Waals surface area contributed by atoms with Gasteiger partial charge >= 0.3 is 5.97 Å². The van der Waals surface area contributed by atoms with Gasteiger partial charge in [0.15, 0.2) is 0 Å². The molecule has 0 spiro atoms. The Morgan fingerprint density at radius 1 is 1.41 bits per heavy atom. The summed E-state index contributed by atoms with van der Waals surface area (Å²) < 4.78 is 5.15. The number of pyridine rings is 1. The van der Waals surface area contributed by atoms with E-state index < -0.39 is 5.60 Å². The first kappa shape index (κ1) is 13.2. The number of aryl methyl sites for hydroxylation is 1. The highest BCUT2D eigenvalue weighted by molar-refractivity contribution is 5.87. The zero-order chi connectivity index (χ0) is 13.1. The van der Waals surface area contributed by atoms with E-state index in [9.17, 15) is 4.79 Å². The van der Waals surface area contributed by atoms with E-state index in [0.29, 0.717) is 5.82 Å². The topological polar surface area (TPSA) is 65.2 Å². The molecule has 1 aromatic rings. The van der Waals surface area contributed by atoms with Crippen molar-refractivity contribution in [2.75, 3.05) is 5.73 Å². The van der Waals surface area contributed by atoms with E-state index in [2.05, 4.69) is 4.98 Å². The van der Waals surface area contributed by atoms with Gasteiger partial charge in [-0.1, -0.05) is 0 Å². The summed E-state index contributed by atoms with van der Waals surface area (Å²) in [6, 6.07) is 3.51. The number of nitrogen functional groups attached to an aromatic ring is 1. The molecule has 0 bridgehead atoms. The summed E-state index contributed by atoms with van der Waals surface area (Å²) in [5.41, 5.74) is 6.70. The van der Waals surface area contributed by atoms with Gasteiger partial charge in [-0.15, -0.1) is 0 Å². The van der Waals surface area contributed by atoms with E-state index in [4.69, 9.17) is 10.5 Å². The number of aromatic nitrogens is 1. The van der Waals surface area contributed by atoms with Crippen LogP contribution in [0.25, 0.3) is 6.08 Å². The second kappa shape index (κ2) is 4.99. The van der Waals surface area contributed by atoms with Crippen LogP contribution in [0.4, 0.5) is 5.82 Å². The molecule has 0 aliphatic rings. The van der Waals surface area contributed by atoms with Gasteiger partial charge in [-0.05, 0) is 51.5 Å². The maximum Gasteiger partial charge on any atom is 0.331 e. The van der Waals surface area contributed by atoms with E-state index >= 15 is 0 Å². The lowest BCUT2D eigenvalue weighted by molar-refractivity contribution is -0.148. The molecular weight excluding hydrogens is 216 g/mol. The molecule has 1 heterocycles. The maximum atomic E-state index is 11.5. The third-order valence-electron chi connectivity index (χ3n) is 1.95. The normalized spacial score (nSPS) is 11.8. The summed E-state index contributed by atoms with van der Waals surface area (Å²) in [5.74, 6) is 0.102. The monoisotopic (exact) mass is 234 g/mol. The molecule has 0 saturated heterocycles. The van der Waals surface area contributed by atoms with E-state index in [1.54, 1.807) is 12.1 Å². The molecule has 4 heteroatoms. The Balaban J connectivity index is 2.74. The molecule has 0 unspecified atom stereocenters. The minimum atomic E-state index is -0.476. The molecule has 2 N–H and O–H groups in total. The molecule has 0 saturated carbocycles. The van der Waals surface area contributed by atoms with E-state index in [1.165, 1.54) is 6.08 Å². The molecule has 0 aliphatic heterocycles. The zero-order valence-electron chi connectivity index (χ0n) is 10.7. The lowest BCUT2D eigenvalue weighted by Gasteiger charge is -2.17. The first-order chi connectivity index (χ1) is 7.78. The van der Waals surface area contributed by atoms with Crippen molar-refractivity contribution in [3.63, 3.8) is 0 Å². The number of esters is 1. The highest BCUT2D eigenvalue weighted by Crippen LogP contribution is 2.11. The number of nitrogens with two attached hydrogens (primary N) is 1. The molecule has 1 rings (SSSR count). The molecule has 1 aromatic heterocycles. The van der Waals surface area contributed by atoms with Gasteiger partial charge in [0.2, 0.25) is 0 Å². The molecule has 0 aliphatic carbocycles. The fourth-order valence-corrected chi connectivity index (χ4v) is 1.26. The van der Waals surface area contributed by atoms with Gasteiger partial charge in [-0.2, -0.15) is 0 Å². The van der Waals surface area contributed by atoms with Gasteiger partial charge < -0.3 is 10.5 Å². The van der Waals surface area contributed by atoms with Crippen LogP contribution in [0.15, 0.2) is 18.2 Å². The Labute approximate surface area is 101 Å². The lowest BCUT2D eigenvalue weighted by Crippen LogP contribution is -2.22. The Bertz CT molecular complexity index is 445. The summed E-state index contributed by atoms with van der Waals surface area (Å²) in [6.45, 7) is 7.32. The van der Waals surface area contributed by atoms with Crippen LogP contribution >= 0.6 is 0 Å².